The van der Waals surface area contributed by atoms with E-state index in [1.165, 1.54) is 0 Å². The van der Waals surface area contributed by atoms with Gasteiger partial charge in [-0.25, -0.2) is 4.98 Å². The van der Waals surface area contributed by atoms with E-state index in [9.17, 15) is 4.79 Å². The fourth-order valence-corrected chi connectivity index (χ4v) is 2.79. The first-order chi connectivity index (χ1) is 12.0. The Balaban J connectivity index is 1.75. The third kappa shape index (κ3) is 3.45. The highest BCUT2D eigenvalue weighted by atomic mass is 16.1. The molecule has 25 heavy (non-hydrogen) atoms. The number of hydrogen-bond acceptors (Lipinski definition) is 4. The van der Waals surface area contributed by atoms with Crippen molar-refractivity contribution in [2.45, 2.75) is 33.2 Å². The van der Waals surface area contributed by atoms with E-state index in [0.717, 1.165) is 17.7 Å². The zero-order valence-corrected chi connectivity index (χ0v) is 14.9. The molecule has 3 aromatic rings. The molecule has 0 radical (unpaired) electrons. The summed E-state index contributed by atoms with van der Waals surface area (Å²) in [6, 6.07) is 5.39. The SMILES string of the molecule is CCc1c(C(=O)NC(C)c2nc(-c3cc(C)ccn3)n[nH]2)ccn1C. The molecule has 0 fully saturated rings. The van der Waals surface area contributed by atoms with E-state index in [1.807, 2.05) is 56.8 Å². The largest absolute Gasteiger partial charge is 0.354 e. The fourth-order valence-electron chi connectivity index (χ4n) is 2.79. The van der Waals surface area contributed by atoms with Gasteiger partial charge in [-0.15, -0.1) is 0 Å². The predicted octanol–water partition coefficient (Wildman–Crippen LogP) is 2.57. The van der Waals surface area contributed by atoms with E-state index in [0.29, 0.717) is 22.9 Å². The quantitative estimate of drug-likeness (QED) is 0.748. The molecule has 0 aromatic carbocycles. The molecule has 1 amide bonds. The molecule has 0 saturated heterocycles. The summed E-state index contributed by atoms with van der Waals surface area (Å²) >= 11 is 0. The minimum atomic E-state index is -0.288. The minimum absolute atomic E-state index is 0.114. The van der Waals surface area contributed by atoms with Crippen LogP contribution in [0, 0.1) is 6.92 Å². The highest BCUT2D eigenvalue weighted by Crippen LogP contribution is 2.17. The van der Waals surface area contributed by atoms with Gasteiger partial charge in [0.2, 0.25) is 0 Å². The molecule has 0 spiro atoms. The van der Waals surface area contributed by atoms with E-state index in [2.05, 4.69) is 25.5 Å². The van der Waals surface area contributed by atoms with Gasteiger partial charge in [0.1, 0.15) is 11.5 Å². The molecule has 1 unspecified atom stereocenters. The highest BCUT2D eigenvalue weighted by molar-refractivity contribution is 5.95. The van der Waals surface area contributed by atoms with Crippen LogP contribution in [0.4, 0.5) is 0 Å². The van der Waals surface area contributed by atoms with Crippen LogP contribution in [-0.4, -0.2) is 30.6 Å². The standard InChI is InChI=1S/C18H22N6O/c1-5-15-13(7-9-24(15)4)18(25)20-12(3)16-21-17(23-22-16)14-10-11(2)6-8-19-14/h6-10,12H,5H2,1-4H3,(H,20,25)(H,21,22,23). The number of aromatic nitrogens is 5. The number of aromatic amines is 1. The molecule has 7 heteroatoms. The average molecular weight is 338 g/mol. The number of hydrogen-bond donors (Lipinski definition) is 2. The first-order valence-electron chi connectivity index (χ1n) is 8.30. The van der Waals surface area contributed by atoms with E-state index in [1.54, 1.807) is 6.20 Å². The Morgan fingerprint density at radius 2 is 2.20 bits per heavy atom. The van der Waals surface area contributed by atoms with Crippen LogP contribution in [0.3, 0.4) is 0 Å². The van der Waals surface area contributed by atoms with Gasteiger partial charge in [0, 0.05) is 25.1 Å². The molecule has 0 aliphatic carbocycles. The maximum atomic E-state index is 12.5. The lowest BCUT2D eigenvalue weighted by Gasteiger charge is -2.11. The lowest BCUT2D eigenvalue weighted by Crippen LogP contribution is -2.28. The summed E-state index contributed by atoms with van der Waals surface area (Å²) in [7, 11) is 1.94. The smallest absolute Gasteiger partial charge is 0.253 e. The number of rotatable bonds is 5. The second kappa shape index (κ2) is 6.88. The van der Waals surface area contributed by atoms with E-state index >= 15 is 0 Å². The summed E-state index contributed by atoms with van der Waals surface area (Å²) < 4.78 is 1.97. The molecule has 3 heterocycles. The Morgan fingerprint density at radius 1 is 1.40 bits per heavy atom. The number of nitrogens with zero attached hydrogens (tertiary/aromatic N) is 4. The predicted molar refractivity (Wildman–Crippen MR) is 95.0 cm³/mol. The molecule has 1 atom stereocenters. The van der Waals surface area contributed by atoms with Gasteiger partial charge in [0.05, 0.1) is 11.6 Å². The van der Waals surface area contributed by atoms with Gasteiger partial charge in [-0.05, 0) is 44.0 Å². The summed E-state index contributed by atoms with van der Waals surface area (Å²) in [5.41, 5.74) is 3.50. The van der Waals surface area contributed by atoms with Crippen LogP contribution in [0.15, 0.2) is 30.6 Å². The van der Waals surface area contributed by atoms with E-state index in [4.69, 9.17) is 0 Å². The van der Waals surface area contributed by atoms with Crippen molar-refractivity contribution in [3.8, 4) is 11.5 Å². The molecule has 2 N–H and O–H groups in total. The summed E-state index contributed by atoms with van der Waals surface area (Å²) in [4.78, 5) is 21.3. The topological polar surface area (TPSA) is 88.5 Å². The van der Waals surface area contributed by atoms with E-state index in [-0.39, 0.29) is 11.9 Å². The Labute approximate surface area is 146 Å². The normalized spacial score (nSPS) is 12.2. The van der Waals surface area contributed by atoms with Crippen LogP contribution >= 0.6 is 0 Å². The molecule has 3 rings (SSSR count). The summed E-state index contributed by atoms with van der Waals surface area (Å²) in [6.45, 7) is 5.90. The monoisotopic (exact) mass is 338 g/mol. The fraction of sp³-hybridized carbons (Fsp3) is 0.333. The van der Waals surface area contributed by atoms with Crippen molar-refractivity contribution in [1.29, 1.82) is 0 Å². The summed E-state index contributed by atoms with van der Waals surface area (Å²) in [6.07, 6.45) is 4.42. The van der Waals surface area contributed by atoms with Crippen LogP contribution in [0.5, 0.6) is 0 Å². The molecule has 0 saturated carbocycles. The first-order valence-corrected chi connectivity index (χ1v) is 8.30. The molecule has 7 nitrogen and oxygen atoms in total. The number of nitrogens with one attached hydrogen (secondary N) is 2. The van der Waals surface area contributed by atoms with Crippen LogP contribution in [-0.2, 0) is 13.5 Å². The Bertz CT molecular complexity index is 895. The third-order valence-electron chi connectivity index (χ3n) is 4.19. The maximum absolute atomic E-state index is 12.5. The molecule has 0 bridgehead atoms. The minimum Gasteiger partial charge on any atom is -0.354 e. The van der Waals surface area contributed by atoms with Gasteiger partial charge >= 0.3 is 0 Å². The van der Waals surface area contributed by atoms with Gasteiger partial charge in [-0.1, -0.05) is 6.92 Å². The Morgan fingerprint density at radius 3 is 2.92 bits per heavy atom. The Kier molecular flexibility index (Phi) is 4.65. The van der Waals surface area contributed by atoms with Gasteiger partial charge < -0.3 is 9.88 Å². The molecular formula is C18H22N6O. The number of carbonyl (C=O) groups excluding carboxylic acids is 1. The van der Waals surface area contributed by atoms with Crippen molar-refractivity contribution in [3.63, 3.8) is 0 Å². The summed E-state index contributed by atoms with van der Waals surface area (Å²) in [5, 5.41) is 10.1. The molecule has 0 aliphatic heterocycles. The van der Waals surface area contributed by atoms with Crippen molar-refractivity contribution in [1.82, 2.24) is 30.0 Å². The van der Waals surface area contributed by atoms with Crippen molar-refractivity contribution < 1.29 is 4.79 Å². The molecule has 130 valence electrons. The zero-order valence-electron chi connectivity index (χ0n) is 14.9. The molecular weight excluding hydrogens is 316 g/mol. The lowest BCUT2D eigenvalue weighted by atomic mass is 10.1. The average Bonchev–Trinajstić information content (AvgIpc) is 3.21. The van der Waals surface area contributed by atoms with Crippen molar-refractivity contribution in [2.75, 3.05) is 0 Å². The second-order valence-corrected chi connectivity index (χ2v) is 6.10. The van der Waals surface area contributed by atoms with Gasteiger partial charge in [-0.3, -0.25) is 14.9 Å². The van der Waals surface area contributed by atoms with Crippen LogP contribution in [0.25, 0.3) is 11.5 Å². The number of pyridine rings is 1. The number of aryl methyl sites for hydroxylation is 2. The van der Waals surface area contributed by atoms with Crippen molar-refractivity contribution >= 4 is 5.91 Å². The van der Waals surface area contributed by atoms with Crippen LogP contribution < -0.4 is 5.32 Å². The Hall–Kier alpha value is -2.96. The number of carbonyl (C=O) groups is 1. The van der Waals surface area contributed by atoms with E-state index < -0.39 is 0 Å². The number of amides is 1. The number of H-pyrrole nitrogens is 1. The van der Waals surface area contributed by atoms with Crippen molar-refractivity contribution in [2.24, 2.45) is 7.05 Å². The zero-order chi connectivity index (χ0) is 18.0. The lowest BCUT2D eigenvalue weighted by molar-refractivity contribution is 0.0937. The van der Waals surface area contributed by atoms with Crippen molar-refractivity contribution in [3.05, 3.63) is 53.2 Å². The summed E-state index contributed by atoms with van der Waals surface area (Å²) in [5.74, 6) is 1.01. The second-order valence-electron chi connectivity index (χ2n) is 6.10. The molecule has 0 aliphatic rings. The van der Waals surface area contributed by atoms with Gasteiger partial charge in [0.25, 0.3) is 5.91 Å². The van der Waals surface area contributed by atoms with Crippen LogP contribution in [0.1, 0.15) is 47.3 Å². The van der Waals surface area contributed by atoms with Crippen LogP contribution in [0.2, 0.25) is 0 Å². The van der Waals surface area contributed by atoms with Gasteiger partial charge in [0.15, 0.2) is 5.82 Å². The maximum Gasteiger partial charge on any atom is 0.253 e. The van der Waals surface area contributed by atoms with Gasteiger partial charge in [-0.2, -0.15) is 5.10 Å². The first kappa shape index (κ1) is 16.9. The third-order valence-corrected chi connectivity index (χ3v) is 4.19. The molecule has 3 aromatic heterocycles. The highest BCUT2D eigenvalue weighted by Gasteiger charge is 2.19.